The lowest BCUT2D eigenvalue weighted by molar-refractivity contribution is -0.118. The second-order valence-electron chi connectivity index (χ2n) is 7.47. The van der Waals surface area contributed by atoms with E-state index >= 15 is 0 Å². The molecule has 0 fully saturated rings. The molecule has 178 valence electrons. The molecule has 3 rings (SSSR count). The zero-order valence-electron chi connectivity index (χ0n) is 19.3. The molecule has 0 aliphatic heterocycles. The average Bonchev–Trinajstić information content (AvgIpc) is 2.84. The molecular weight excluding hydrogens is 510 g/mol. The number of nitrogens with zero attached hydrogens (tertiary/aromatic N) is 1. The van der Waals surface area contributed by atoms with Crippen LogP contribution < -0.4 is 20.1 Å². The molecule has 2 amide bonds. The van der Waals surface area contributed by atoms with Gasteiger partial charge in [-0.2, -0.15) is 5.26 Å². The van der Waals surface area contributed by atoms with E-state index in [0.29, 0.717) is 35.0 Å². The molecule has 7 nitrogen and oxygen atoms in total. The minimum atomic E-state index is -0.570. The van der Waals surface area contributed by atoms with Gasteiger partial charge in [-0.15, -0.1) is 0 Å². The van der Waals surface area contributed by atoms with E-state index in [9.17, 15) is 14.9 Å². The van der Waals surface area contributed by atoms with Gasteiger partial charge in [0.2, 0.25) is 0 Å². The Bertz CT molecular complexity index is 1260. The van der Waals surface area contributed by atoms with E-state index in [2.05, 4.69) is 26.6 Å². The molecule has 0 atom stereocenters. The number of rotatable bonds is 9. The highest BCUT2D eigenvalue weighted by molar-refractivity contribution is 9.10. The fourth-order valence-electron chi connectivity index (χ4n) is 3.04. The van der Waals surface area contributed by atoms with Crippen molar-refractivity contribution in [1.29, 1.82) is 5.26 Å². The lowest BCUT2D eigenvalue weighted by Gasteiger charge is -2.11. The monoisotopic (exact) mass is 533 g/mol. The molecule has 0 bridgehead atoms. The predicted octanol–water partition coefficient (Wildman–Crippen LogP) is 5.72. The summed E-state index contributed by atoms with van der Waals surface area (Å²) >= 11 is 3.39. The van der Waals surface area contributed by atoms with Crippen molar-refractivity contribution in [3.63, 3.8) is 0 Å². The van der Waals surface area contributed by atoms with Crippen LogP contribution in [0.25, 0.3) is 6.08 Å². The fraction of sp³-hybridized carbons (Fsp3) is 0.148. The maximum Gasteiger partial charge on any atom is 0.266 e. The summed E-state index contributed by atoms with van der Waals surface area (Å²) in [5.74, 6) is 0.137. The molecule has 0 spiro atoms. The zero-order chi connectivity index (χ0) is 25.2. The summed E-state index contributed by atoms with van der Waals surface area (Å²) in [4.78, 5) is 25.0. The summed E-state index contributed by atoms with van der Waals surface area (Å²) in [6.45, 7) is 4.15. The first kappa shape index (κ1) is 25.5. The van der Waals surface area contributed by atoms with Gasteiger partial charge >= 0.3 is 0 Å². The fourth-order valence-corrected chi connectivity index (χ4v) is 3.42. The van der Waals surface area contributed by atoms with Crippen LogP contribution in [0.3, 0.4) is 0 Å². The second-order valence-corrected chi connectivity index (χ2v) is 8.38. The van der Waals surface area contributed by atoms with Gasteiger partial charge in [0.1, 0.15) is 23.1 Å². The summed E-state index contributed by atoms with van der Waals surface area (Å²) < 4.78 is 11.8. The van der Waals surface area contributed by atoms with E-state index in [1.807, 2.05) is 44.2 Å². The van der Waals surface area contributed by atoms with Crippen molar-refractivity contribution in [2.24, 2.45) is 0 Å². The third-order valence-electron chi connectivity index (χ3n) is 4.75. The molecule has 0 heterocycles. The topological polar surface area (TPSA) is 100 Å². The van der Waals surface area contributed by atoms with Gasteiger partial charge in [0, 0.05) is 21.4 Å². The summed E-state index contributed by atoms with van der Waals surface area (Å²) in [7, 11) is 0. The molecule has 35 heavy (non-hydrogen) atoms. The Balaban J connectivity index is 1.71. The summed E-state index contributed by atoms with van der Waals surface area (Å²) in [6, 6.07) is 21.3. The molecule has 0 unspecified atom stereocenters. The van der Waals surface area contributed by atoms with E-state index in [4.69, 9.17) is 9.47 Å². The molecule has 0 aromatic heterocycles. The van der Waals surface area contributed by atoms with Gasteiger partial charge < -0.3 is 20.1 Å². The Morgan fingerprint density at radius 1 is 0.971 bits per heavy atom. The number of aryl methyl sites for hydroxylation is 1. The van der Waals surface area contributed by atoms with Crippen molar-refractivity contribution in [3.05, 3.63) is 87.9 Å². The van der Waals surface area contributed by atoms with Crippen LogP contribution in [0.2, 0.25) is 0 Å². The lowest BCUT2D eigenvalue weighted by Crippen LogP contribution is -2.20. The first-order chi connectivity index (χ1) is 16.9. The number of ether oxygens (including phenoxy) is 2. The van der Waals surface area contributed by atoms with Crippen molar-refractivity contribution in [2.75, 3.05) is 23.8 Å². The number of anilines is 2. The van der Waals surface area contributed by atoms with Crippen LogP contribution >= 0.6 is 15.9 Å². The maximum absolute atomic E-state index is 12.7. The predicted molar refractivity (Wildman–Crippen MR) is 139 cm³/mol. The van der Waals surface area contributed by atoms with Gasteiger partial charge in [-0.05, 0) is 74.5 Å². The van der Waals surface area contributed by atoms with Crippen LogP contribution in [0.15, 0.2) is 76.8 Å². The van der Waals surface area contributed by atoms with Crippen molar-refractivity contribution in [1.82, 2.24) is 0 Å². The summed E-state index contributed by atoms with van der Waals surface area (Å²) in [5, 5.41) is 15.1. The van der Waals surface area contributed by atoms with E-state index < -0.39 is 5.91 Å². The van der Waals surface area contributed by atoms with E-state index in [0.717, 1.165) is 10.0 Å². The molecule has 3 aromatic carbocycles. The van der Waals surface area contributed by atoms with Crippen molar-refractivity contribution in [2.45, 2.75) is 13.8 Å². The molecule has 0 aliphatic rings. The van der Waals surface area contributed by atoms with E-state index in [1.165, 1.54) is 6.08 Å². The van der Waals surface area contributed by atoms with Crippen LogP contribution in [0.5, 0.6) is 11.5 Å². The molecule has 0 aliphatic carbocycles. The Labute approximate surface area is 212 Å². The minimum Gasteiger partial charge on any atom is -0.494 e. The highest BCUT2D eigenvalue weighted by Gasteiger charge is 2.13. The van der Waals surface area contributed by atoms with E-state index in [1.54, 1.807) is 42.5 Å². The van der Waals surface area contributed by atoms with Gasteiger partial charge in [0.05, 0.1) is 6.61 Å². The quantitative estimate of drug-likeness (QED) is 0.270. The number of amides is 2. The van der Waals surface area contributed by atoms with Gasteiger partial charge in [0.15, 0.2) is 6.61 Å². The lowest BCUT2D eigenvalue weighted by atomic mass is 10.1. The SMILES string of the molecule is CCOc1ccc(NC(=O)/C(C#N)=C/c2cc(Br)ccc2OCC(=O)Nc2ccc(C)cc2)cc1. The Morgan fingerprint density at radius 2 is 1.63 bits per heavy atom. The van der Waals surface area contributed by atoms with Crippen LogP contribution in [-0.2, 0) is 9.59 Å². The normalized spacial score (nSPS) is 10.7. The molecular formula is C27H24BrN3O4. The number of carbonyl (C=O) groups is 2. The third-order valence-corrected chi connectivity index (χ3v) is 5.25. The summed E-state index contributed by atoms with van der Waals surface area (Å²) in [6.07, 6.45) is 1.42. The maximum atomic E-state index is 12.7. The molecule has 8 heteroatoms. The van der Waals surface area contributed by atoms with Crippen molar-refractivity contribution in [3.8, 4) is 17.6 Å². The van der Waals surface area contributed by atoms with Gasteiger partial charge in [-0.3, -0.25) is 9.59 Å². The van der Waals surface area contributed by atoms with Gasteiger partial charge in [0.25, 0.3) is 11.8 Å². The number of nitriles is 1. The molecule has 0 saturated heterocycles. The molecule has 0 saturated carbocycles. The minimum absolute atomic E-state index is 0.119. The first-order valence-corrected chi connectivity index (χ1v) is 11.6. The number of halogens is 1. The highest BCUT2D eigenvalue weighted by atomic mass is 79.9. The van der Waals surface area contributed by atoms with Crippen LogP contribution in [0, 0.1) is 18.3 Å². The number of carbonyl (C=O) groups excluding carboxylic acids is 2. The van der Waals surface area contributed by atoms with Gasteiger partial charge in [-0.1, -0.05) is 33.6 Å². The Morgan fingerprint density at radius 3 is 2.29 bits per heavy atom. The average molecular weight is 534 g/mol. The van der Waals surface area contributed by atoms with Gasteiger partial charge in [-0.25, -0.2) is 0 Å². The highest BCUT2D eigenvalue weighted by Crippen LogP contribution is 2.26. The standard InChI is InChI=1S/C27H24BrN3O4/c1-3-34-24-11-9-23(10-12-24)31-27(33)20(16-29)14-19-15-21(28)6-13-25(19)35-17-26(32)30-22-7-4-18(2)5-8-22/h4-15H,3,17H2,1-2H3,(H,30,32)(H,31,33)/b20-14+. The third kappa shape index (κ3) is 7.73. The molecule has 0 radical (unpaired) electrons. The van der Waals surface area contributed by atoms with E-state index in [-0.39, 0.29) is 18.1 Å². The summed E-state index contributed by atoms with van der Waals surface area (Å²) in [5.41, 5.74) is 2.63. The van der Waals surface area contributed by atoms with Crippen molar-refractivity contribution >= 4 is 45.2 Å². The van der Waals surface area contributed by atoms with Crippen molar-refractivity contribution < 1.29 is 19.1 Å². The Hall–Kier alpha value is -4.09. The van der Waals surface area contributed by atoms with Crippen LogP contribution in [-0.4, -0.2) is 25.0 Å². The zero-order valence-corrected chi connectivity index (χ0v) is 20.9. The number of hydrogen-bond acceptors (Lipinski definition) is 5. The van der Waals surface area contributed by atoms with Crippen LogP contribution in [0.1, 0.15) is 18.1 Å². The number of benzene rings is 3. The number of hydrogen-bond donors (Lipinski definition) is 2. The Kier molecular flexibility index (Phi) is 9.04. The number of nitrogens with one attached hydrogen (secondary N) is 2. The van der Waals surface area contributed by atoms with Crippen LogP contribution in [0.4, 0.5) is 11.4 Å². The smallest absolute Gasteiger partial charge is 0.266 e. The molecule has 3 aromatic rings. The second kappa shape index (κ2) is 12.4. The first-order valence-electron chi connectivity index (χ1n) is 10.8. The largest absolute Gasteiger partial charge is 0.494 e. The molecule has 2 N–H and O–H groups in total.